The smallest absolute Gasteiger partial charge is 0.272 e. The van der Waals surface area contributed by atoms with Crippen LogP contribution in [0, 0.1) is 17.0 Å². The van der Waals surface area contributed by atoms with Gasteiger partial charge in [0, 0.05) is 23.4 Å². The summed E-state index contributed by atoms with van der Waals surface area (Å²) < 4.78 is 1.86. The first-order chi connectivity index (χ1) is 9.97. The summed E-state index contributed by atoms with van der Waals surface area (Å²) in [6.45, 7) is 5.92. The third kappa shape index (κ3) is 2.89. The van der Waals surface area contributed by atoms with Crippen LogP contribution in [-0.4, -0.2) is 14.7 Å². The zero-order chi connectivity index (χ0) is 15.6. The maximum absolute atomic E-state index is 11.0. The zero-order valence-electron chi connectivity index (χ0n) is 12.5. The van der Waals surface area contributed by atoms with Gasteiger partial charge in [0.05, 0.1) is 16.7 Å². The van der Waals surface area contributed by atoms with Crippen LogP contribution in [-0.2, 0) is 0 Å². The number of aromatic nitrogens is 2. The van der Waals surface area contributed by atoms with Crippen LogP contribution in [0.1, 0.15) is 38.3 Å². The molecule has 2 aromatic rings. The molecule has 0 fully saturated rings. The predicted molar refractivity (Wildman–Crippen MR) is 83.1 cm³/mol. The van der Waals surface area contributed by atoms with Gasteiger partial charge < -0.3 is 5.73 Å². The molecule has 1 heterocycles. The molecular formula is C15H20N4O2. The molecule has 0 saturated heterocycles. The van der Waals surface area contributed by atoms with Crippen LogP contribution >= 0.6 is 0 Å². The molecule has 1 aromatic heterocycles. The standard InChI is InChI=1S/C15H20N4O2/c1-4-12(5-2)18-9-13(16)15(17-18)11-7-6-10(3)14(8-11)19(20)21/h6-9,12H,4-5,16H2,1-3H3. The number of anilines is 1. The number of nitro groups is 1. The number of nitrogens with two attached hydrogens (primary N) is 1. The third-order valence-electron chi connectivity index (χ3n) is 3.76. The van der Waals surface area contributed by atoms with Crippen molar-refractivity contribution in [1.29, 1.82) is 0 Å². The van der Waals surface area contributed by atoms with E-state index < -0.39 is 0 Å². The number of nitrogens with zero attached hydrogens (tertiary/aromatic N) is 3. The predicted octanol–water partition coefficient (Wildman–Crippen LogP) is 3.71. The summed E-state index contributed by atoms with van der Waals surface area (Å²) in [4.78, 5) is 10.7. The molecule has 0 atom stereocenters. The Balaban J connectivity index is 2.47. The number of hydrogen-bond donors (Lipinski definition) is 1. The van der Waals surface area contributed by atoms with E-state index in [0.717, 1.165) is 12.8 Å². The Hall–Kier alpha value is -2.37. The Bertz CT molecular complexity index is 660. The van der Waals surface area contributed by atoms with Gasteiger partial charge in [-0.25, -0.2) is 0 Å². The zero-order valence-corrected chi connectivity index (χ0v) is 12.5. The minimum atomic E-state index is -0.382. The average molecular weight is 288 g/mol. The minimum absolute atomic E-state index is 0.0870. The van der Waals surface area contributed by atoms with Gasteiger partial charge in [0.1, 0.15) is 5.69 Å². The molecule has 0 amide bonds. The molecular weight excluding hydrogens is 268 g/mol. The van der Waals surface area contributed by atoms with Crippen LogP contribution in [0.5, 0.6) is 0 Å². The van der Waals surface area contributed by atoms with E-state index >= 15 is 0 Å². The van der Waals surface area contributed by atoms with E-state index in [0.29, 0.717) is 28.6 Å². The molecule has 0 aliphatic carbocycles. The van der Waals surface area contributed by atoms with Gasteiger partial charge in [-0.2, -0.15) is 5.10 Å². The average Bonchev–Trinajstić information content (AvgIpc) is 2.82. The molecule has 6 heteroatoms. The Labute approximate surface area is 123 Å². The molecule has 112 valence electrons. The monoisotopic (exact) mass is 288 g/mol. The fourth-order valence-corrected chi connectivity index (χ4v) is 2.43. The van der Waals surface area contributed by atoms with Crippen molar-refractivity contribution in [1.82, 2.24) is 9.78 Å². The molecule has 0 aliphatic rings. The maximum Gasteiger partial charge on any atom is 0.272 e. The Kier molecular flexibility index (Phi) is 4.26. The number of rotatable bonds is 5. The lowest BCUT2D eigenvalue weighted by molar-refractivity contribution is -0.385. The van der Waals surface area contributed by atoms with Crippen LogP contribution in [0.2, 0.25) is 0 Å². The molecule has 0 radical (unpaired) electrons. The third-order valence-corrected chi connectivity index (χ3v) is 3.76. The van der Waals surface area contributed by atoms with Crippen molar-refractivity contribution in [2.24, 2.45) is 0 Å². The molecule has 0 spiro atoms. The van der Waals surface area contributed by atoms with Crippen LogP contribution < -0.4 is 5.73 Å². The fraction of sp³-hybridized carbons (Fsp3) is 0.400. The van der Waals surface area contributed by atoms with E-state index in [1.807, 2.05) is 10.7 Å². The van der Waals surface area contributed by atoms with Crippen LogP contribution in [0.15, 0.2) is 24.4 Å². The van der Waals surface area contributed by atoms with Gasteiger partial charge in [0.2, 0.25) is 0 Å². The van der Waals surface area contributed by atoms with Crippen LogP contribution in [0.4, 0.5) is 11.4 Å². The van der Waals surface area contributed by atoms with E-state index in [2.05, 4.69) is 18.9 Å². The lowest BCUT2D eigenvalue weighted by atomic mass is 10.1. The molecule has 0 unspecified atom stereocenters. The Morgan fingerprint density at radius 3 is 2.62 bits per heavy atom. The molecule has 0 aliphatic heterocycles. The molecule has 0 saturated carbocycles. The highest BCUT2D eigenvalue weighted by Gasteiger charge is 2.17. The summed E-state index contributed by atoms with van der Waals surface area (Å²) in [6, 6.07) is 5.37. The van der Waals surface area contributed by atoms with Crippen molar-refractivity contribution in [3.05, 3.63) is 40.1 Å². The first-order valence-corrected chi connectivity index (χ1v) is 7.07. The summed E-state index contributed by atoms with van der Waals surface area (Å²) in [7, 11) is 0. The first-order valence-electron chi connectivity index (χ1n) is 7.07. The van der Waals surface area contributed by atoms with Gasteiger partial charge in [0.15, 0.2) is 0 Å². The normalized spacial score (nSPS) is 11.0. The quantitative estimate of drug-likeness (QED) is 0.671. The molecule has 6 nitrogen and oxygen atoms in total. The van der Waals surface area contributed by atoms with Gasteiger partial charge in [-0.15, -0.1) is 0 Å². The maximum atomic E-state index is 11.0. The van der Waals surface area contributed by atoms with E-state index in [-0.39, 0.29) is 10.6 Å². The molecule has 21 heavy (non-hydrogen) atoms. The minimum Gasteiger partial charge on any atom is -0.396 e. The van der Waals surface area contributed by atoms with Crippen molar-refractivity contribution in [2.75, 3.05) is 5.73 Å². The van der Waals surface area contributed by atoms with Crippen LogP contribution in [0.25, 0.3) is 11.3 Å². The van der Waals surface area contributed by atoms with Crippen molar-refractivity contribution >= 4 is 11.4 Å². The SMILES string of the molecule is CCC(CC)n1cc(N)c(-c2ccc(C)c([N+](=O)[O-])c2)n1. The Morgan fingerprint density at radius 1 is 1.38 bits per heavy atom. The van der Waals surface area contributed by atoms with E-state index in [1.54, 1.807) is 19.2 Å². The number of nitrogen functional groups attached to an aromatic ring is 1. The summed E-state index contributed by atoms with van der Waals surface area (Å²) in [5, 5.41) is 15.6. The van der Waals surface area contributed by atoms with Crippen molar-refractivity contribution in [3.8, 4) is 11.3 Å². The highest BCUT2D eigenvalue weighted by atomic mass is 16.6. The lowest BCUT2D eigenvalue weighted by Crippen LogP contribution is -2.07. The first kappa shape index (κ1) is 15.0. The molecule has 2 rings (SSSR count). The van der Waals surface area contributed by atoms with Gasteiger partial charge in [-0.1, -0.05) is 26.0 Å². The fourth-order valence-electron chi connectivity index (χ4n) is 2.43. The van der Waals surface area contributed by atoms with Gasteiger partial charge in [-0.3, -0.25) is 14.8 Å². The van der Waals surface area contributed by atoms with Gasteiger partial charge in [-0.05, 0) is 19.8 Å². The van der Waals surface area contributed by atoms with Gasteiger partial charge in [0.25, 0.3) is 5.69 Å². The second-order valence-electron chi connectivity index (χ2n) is 5.14. The van der Waals surface area contributed by atoms with Crippen molar-refractivity contribution in [2.45, 2.75) is 39.7 Å². The Morgan fingerprint density at radius 2 is 2.05 bits per heavy atom. The van der Waals surface area contributed by atoms with E-state index in [9.17, 15) is 10.1 Å². The van der Waals surface area contributed by atoms with E-state index in [1.165, 1.54) is 6.07 Å². The number of nitro benzene ring substituents is 1. The van der Waals surface area contributed by atoms with Gasteiger partial charge >= 0.3 is 0 Å². The second-order valence-corrected chi connectivity index (χ2v) is 5.14. The topological polar surface area (TPSA) is 87.0 Å². The number of hydrogen-bond acceptors (Lipinski definition) is 4. The molecule has 1 aromatic carbocycles. The van der Waals surface area contributed by atoms with Crippen LogP contribution in [0.3, 0.4) is 0 Å². The van der Waals surface area contributed by atoms with Crippen molar-refractivity contribution < 1.29 is 4.92 Å². The highest BCUT2D eigenvalue weighted by molar-refractivity contribution is 5.74. The largest absolute Gasteiger partial charge is 0.396 e. The second kappa shape index (κ2) is 5.95. The van der Waals surface area contributed by atoms with E-state index in [4.69, 9.17) is 5.73 Å². The number of aryl methyl sites for hydroxylation is 1. The number of benzene rings is 1. The highest BCUT2D eigenvalue weighted by Crippen LogP contribution is 2.30. The summed E-state index contributed by atoms with van der Waals surface area (Å²) in [5.74, 6) is 0. The lowest BCUT2D eigenvalue weighted by Gasteiger charge is -2.12. The van der Waals surface area contributed by atoms with Crippen molar-refractivity contribution in [3.63, 3.8) is 0 Å². The molecule has 2 N–H and O–H groups in total. The summed E-state index contributed by atoms with van der Waals surface area (Å²) in [6.07, 6.45) is 3.73. The summed E-state index contributed by atoms with van der Waals surface area (Å²) >= 11 is 0. The summed E-state index contributed by atoms with van der Waals surface area (Å²) in [5.41, 5.74) is 8.56. The molecule has 0 bridgehead atoms.